The highest BCUT2D eigenvalue weighted by atomic mass is 16.2. The van der Waals surface area contributed by atoms with Crippen molar-refractivity contribution in [1.82, 2.24) is 14.9 Å². The molecule has 132 valence electrons. The van der Waals surface area contributed by atoms with Crippen LogP contribution >= 0.6 is 0 Å². The molecular formula is C21H22N4O. The van der Waals surface area contributed by atoms with Gasteiger partial charge in [-0.25, -0.2) is 4.98 Å². The van der Waals surface area contributed by atoms with Gasteiger partial charge in [0.05, 0.1) is 24.0 Å². The van der Waals surface area contributed by atoms with Gasteiger partial charge in [-0.3, -0.25) is 4.79 Å². The number of nitrogens with two attached hydrogens (primary N) is 1. The Kier molecular flexibility index (Phi) is 4.54. The molecule has 0 fully saturated rings. The van der Waals surface area contributed by atoms with Crippen molar-refractivity contribution in [3.05, 3.63) is 77.6 Å². The van der Waals surface area contributed by atoms with E-state index in [1.165, 1.54) is 0 Å². The number of amides is 1. The lowest BCUT2D eigenvalue weighted by atomic mass is 10.0. The monoisotopic (exact) mass is 346 g/mol. The number of aromatic nitrogens is 2. The molecule has 0 bridgehead atoms. The quantitative estimate of drug-likeness (QED) is 0.762. The number of hydrogen-bond acceptors (Lipinski definition) is 3. The summed E-state index contributed by atoms with van der Waals surface area (Å²) in [5.74, 6) is 0.855. The van der Waals surface area contributed by atoms with Gasteiger partial charge in [0.25, 0.3) is 0 Å². The molecule has 5 heteroatoms. The number of H-pyrrole nitrogens is 1. The lowest BCUT2D eigenvalue weighted by Crippen LogP contribution is -2.46. The maximum absolute atomic E-state index is 12.8. The Morgan fingerprint density at radius 2 is 1.81 bits per heavy atom. The van der Waals surface area contributed by atoms with Crippen LogP contribution in [0.1, 0.15) is 17.0 Å². The van der Waals surface area contributed by atoms with Crippen LogP contribution in [0.15, 0.2) is 60.7 Å². The first-order chi connectivity index (χ1) is 12.7. The summed E-state index contributed by atoms with van der Waals surface area (Å²) in [5.41, 5.74) is 10.4. The number of imidazole rings is 1. The SMILES string of the molecule is N[C@@H](Cc1ccccc1)C(=O)N1CCc2nc(-c3ccccc3)[nH]c2C1. The first-order valence-corrected chi connectivity index (χ1v) is 8.92. The van der Waals surface area contributed by atoms with Crippen LogP contribution in [0.3, 0.4) is 0 Å². The third kappa shape index (κ3) is 3.39. The summed E-state index contributed by atoms with van der Waals surface area (Å²) in [6, 6.07) is 19.4. The molecule has 0 unspecified atom stereocenters. The number of hydrogen-bond donors (Lipinski definition) is 2. The van der Waals surface area contributed by atoms with Crippen LogP contribution in [-0.2, 0) is 24.2 Å². The Hall–Kier alpha value is -2.92. The van der Waals surface area contributed by atoms with E-state index in [2.05, 4.69) is 4.98 Å². The minimum Gasteiger partial charge on any atom is -0.340 e. The van der Waals surface area contributed by atoms with Crippen molar-refractivity contribution in [3.63, 3.8) is 0 Å². The van der Waals surface area contributed by atoms with Gasteiger partial charge < -0.3 is 15.6 Å². The van der Waals surface area contributed by atoms with E-state index in [1.807, 2.05) is 65.6 Å². The molecule has 2 aromatic carbocycles. The van der Waals surface area contributed by atoms with E-state index in [0.717, 1.165) is 34.8 Å². The zero-order valence-electron chi connectivity index (χ0n) is 14.6. The normalized spacial score (nSPS) is 14.7. The van der Waals surface area contributed by atoms with Crippen molar-refractivity contribution in [3.8, 4) is 11.4 Å². The lowest BCUT2D eigenvalue weighted by Gasteiger charge is -2.28. The molecule has 5 nitrogen and oxygen atoms in total. The average Bonchev–Trinajstić information content (AvgIpc) is 3.12. The number of rotatable bonds is 4. The van der Waals surface area contributed by atoms with E-state index in [-0.39, 0.29) is 5.91 Å². The van der Waals surface area contributed by atoms with Crippen molar-refractivity contribution < 1.29 is 4.79 Å². The molecule has 0 saturated heterocycles. The van der Waals surface area contributed by atoms with Gasteiger partial charge in [0.15, 0.2) is 0 Å². The number of fused-ring (bicyclic) bond motifs is 1. The van der Waals surface area contributed by atoms with Gasteiger partial charge in [-0.2, -0.15) is 0 Å². The highest BCUT2D eigenvalue weighted by molar-refractivity contribution is 5.82. The third-order valence-corrected chi connectivity index (χ3v) is 4.81. The molecule has 0 radical (unpaired) electrons. The van der Waals surface area contributed by atoms with Gasteiger partial charge in [0.1, 0.15) is 5.82 Å². The zero-order chi connectivity index (χ0) is 17.9. The van der Waals surface area contributed by atoms with Crippen LogP contribution in [0.5, 0.6) is 0 Å². The van der Waals surface area contributed by atoms with Gasteiger partial charge in [-0.05, 0) is 12.0 Å². The van der Waals surface area contributed by atoms with Crippen LogP contribution in [0.25, 0.3) is 11.4 Å². The maximum Gasteiger partial charge on any atom is 0.240 e. The van der Waals surface area contributed by atoms with Crippen molar-refractivity contribution >= 4 is 5.91 Å². The molecule has 0 spiro atoms. The van der Waals surface area contributed by atoms with Gasteiger partial charge >= 0.3 is 0 Å². The Morgan fingerprint density at radius 3 is 2.54 bits per heavy atom. The number of benzene rings is 2. The molecule has 4 rings (SSSR count). The van der Waals surface area contributed by atoms with Crippen LogP contribution in [0.4, 0.5) is 0 Å². The second-order valence-corrected chi connectivity index (χ2v) is 6.68. The molecule has 0 saturated carbocycles. The molecule has 0 aliphatic carbocycles. The van der Waals surface area contributed by atoms with E-state index in [4.69, 9.17) is 10.7 Å². The fourth-order valence-electron chi connectivity index (χ4n) is 3.40. The number of nitrogens with zero attached hydrogens (tertiary/aromatic N) is 2. The maximum atomic E-state index is 12.8. The predicted octanol–water partition coefficient (Wildman–Crippen LogP) is 2.53. The van der Waals surface area contributed by atoms with Crippen molar-refractivity contribution in [2.75, 3.05) is 6.54 Å². The molecule has 1 aromatic heterocycles. The number of carbonyl (C=O) groups excluding carboxylic acids is 1. The lowest BCUT2D eigenvalue weighted by molar-refractivity contribution is -0.133. The van der Waals surface area contributed by atoms with Gasteiger partial charge in [-0.1, -0.05) is 60.7 Å². The summed E-state index contributed by atoms with van der Waals surface area (Å²) in [6.07, 6.45) is 1.31. The van der Waals surface area contributed by atoms with E-state index in [9.17, 15) is 4.79 Å². The van der Waals surface area contributed by atoms with E-state index < -0.39 is 6.04 Å². The molecule has 26 heavy (non-hydrogen) atoms. The molecule has 3 N–H and O–H groups in total. The first-order valence-electron chi connectivity index (χ1n) is 8.92. The standard InChI is InChI=1S/C21H22N4O/c22-17(13-15-7-3-1-4-8-15)21(26)25-12-11-18-19(14-25)24-20(23-18)16-9-5-2-6-10-16/h1-10,17H,11-14,22H2,(H,23,24)/t17-/m0/s1. The summed E-state index contributed by atoms with van der Waals surface area (Å²) in [6.45, 7) is 1.20. The van der Waals surface area contributed by atoms with Crippen molar-refractivity contribution in [2.45, 2.75) is 25.4 Å². The molecule has 3 aromatic rings. The van der Waals surface area contributed by atoms with Gasteiger partial charge in [-0.15, -0.1) is 0 Å². The van der Waals surface area contributed by atoms with Crippen molar-refractivity contribution in [1.29, 1.82) is 0 Å². The summed E-state index contributed by atoms with van der Waals surface area (Å²) in [5, 5.41) is 0. The second kappa shape index (κ2) is 7.14. The van der Waals surface area contributed by atoms with Crippen LogP contribution in [-0.4, -0.2) is 33.4 Å². The molecule has 1 aliphatic heterocycles. The van der Waals surface area contributed by atoms with E-state index in [0.29, 0.717) is 19.5 Å². The minimum atomic E-state index is -0.518. The summed E-state index contributed by atoms with van der Waals surface area (Å²) < 4.78 is 0. The largest absolute Gasteiger partial charge is 0.340 e. The fourth-order valence-corrected chi connectivity index (χ4v) is 3.40. The predicted molar refractivity (Wildman–Crippen MR) is 101 cm³/mol. The second-order valence-electron chi connectivity index (χ2n) is 6.68. The highest BCUT2D eigenvalue weighted by Gasteiger charge is 2.27. The number of carbonyl (C=O) groups is 1. The smallest absolute Gasteiger partial charge is 0.240 e. The number of aromatic amines is 1. The third-order valence-electron chi connectivity index (χ3n) is 4.81. The Bertz CT molecular complexity index is 889. The van der Waals surface area contributed by atoms with Gasteiger partial charge in [0.2, 0.25) is 5.91 Å². The summed E-state index contributed by atoms with van der Waals surface area (Å²) >= 11 is 0. The Labute approximate surface area is 152 Å². The van der Waals surface area contributed by atoms with E-state index >= 15 is 0 Å². The summed E-state index contributed by atoms with van der Waals surface area (Å²) in [7, 11) is 0. The minimum absolute atomic E-state index is 0.00429. The Morgan fingerprint density at radius 1 is 1.12 bits per heavy atom. The fraction of sp³-hybridized carbons (Fsp3) is 0.238. The molecule has 1 amide bonds. The Balaban J connectivity index is 1.46. The van der Waals surface area contributed by atoms with E-state index in [1.54, 1.807) is 0 Å². The zero-order valence-corrected chi connectivity index (χ0v) is 14.6. The number of nitrogens with one attached hydrogen (secondary N) is 1. The van der Waals surface area contributed by atoms with Crippen LogP contribution < -0.4 is 5.73 Å². The molecule has 2 heterocycles. The highest BCUT2D eigenvalue weighted by Crippen LogP contribution is 2.23. The van der Waals surface area contributed by atoms with Crippen molar-refractivity contribution in [2.24, 2.45) is 5.73 Å². The molecule has 1 atom stereocenters. The topological polar surface area (TPSA) is 75.0 Å². The van der Waals surface area contributed by atoms with Crippen LogP contribution in [0, 0.1) is 0 Å². The average molecular weight is 346 g/mol. The first kappa shape index (κ1) is 16.5. The molecule has 1 aliphatic rings. The molecular weight excluding hydrogens is 324 g/mol. The van der Waals surface area contributed by atoms with Crippen LogP contribution in [0.2, 0.25) is 0 Å². The van der Waals surface area contributed by atoms with Gasteiger partial charge in [0, 0.05) is 18.5 Å². The summed E-state index contributed by atoms with van der Waals surface area (Å²) in [4.78, 5) is 22.7.